The highest BCUT2D eigenvalue weighted by Gasteiger charge is 2.21. The summed E-state index contributed by atoms with van der Waals surface area (Å²) < 4.78 is 12.7. The van der Waals surface area contributed by atoms with Crippen LogP contribution in [0.3, 0.4) is 0 Å². The zero-order chi connectivity index (χ0) is 18.7. The number of aryl methyl sites for hydroxylation is 1. The molecule has 0 bridgehead atoms. The molecule has 0 N–H and O–H groups in total. The molecular formula is C21H21NO4. The molecule has 0 aliphatic heterocycles. The van der Waals surface area contributed by atoms with Crippen molar-refractivity contribution in [1.82, 2.24) is 4.57 Å². The summed E-state index contributed by atoms with van der Waals surface area (Å²) >= 11 is 0. The standard InChI is InChI=1S/C21H21NO4/c1-4-22-14(3)19(21(24)25-5-2)17-13-16(11-12-18(17)22)26-20(23)15-9-7-6-8-10-15/h6-13H,4-5H2,1-3H3. The Kier molecular flexibility index (Phi) is 5.07. The molecule has 0 unspecified atom stereocenters. The second kappa shape index (κ2) is 7.44. The van der Waals surface area contributed by atoms with E-state index in [4.69, 9.17) is 9.47 Å². The molecule has 0 atom stereocenters. The molecule has 134 valence electrons. The van der Waals surface area contributed by atoms with Gasteiger partial charge in [0.05, 0.1) is 17.7 Å². The predicted molar refractivity (Wildman–Crippen MR) is 99.7 cm³/mol. The van der Waals surface area contributed by atoms with E-state index in [2.05, 4.69) is 0 Å². The number of carbonyl (C=O) groups is 2. The predicted octanol–water partition coefficient (Wildman–Crippen LogP) is 4.37. The fraction of sp³-hybridized carbons (Fsp3) is 0.238. The lowest BCUT2D eigenvalue weighted by atomic mass is 10.1. The largest absolute Gasteiger partial charge is 0.462 e. The van der Waals surface area contributed by atoms with Gasteiger partial charge in [0.2, 0.25) is 0 Å². The van der Waals surface area contributed by atoms with E-state index in [0.717, 1.165) is 23.1 Å². The average molecular weight is 351 g/mol. The van der Waals surface area contributed by atoms with Gasteiger partial charge >= 0.3 is 11.9 Å². The molecule has 0 saturated heterocycles. The molecule has 1 aromatic heterocycles. The number of benzene rings is 2. The van der Waals surface area contributed by atoms with E-state index in [0.29, 0.717) is 23.5 Å². The fourth-order valence-corrected chi connectivity index (χ4v) is 3.13. The van der Waals surface area contributed by atoms with E-state index in [1.807, 2.05) is 30.5 Å². The summed E-state index contributed by atoms with van der Waals surface area (Å²) in [6.07, 6.45) is 0. The van der Waals surface area contributed by atoms with E-state index < -0.39 is 5.97 Å². The third-order valence-electron chi connectivity index (χ3n) is 4.31. The van der Waals surface area contributed by atoms with Crippen LogP contribution in [0.15, 0.2) is 48.5 Å². The van der Waals surface area contributed by atoms with Crippen LogP contribution in [0.5, 0.6) is 5.75 Å². The molecule has 0 aliphatic carbocycles. The normalized spacial score (nSPS) is 10.7. The molecule has 0 radical (unpaired) electrons. The topological polar surface area (TPSA) is 57.5 Å². The van der Waals surface area contributed by atoms with Crippen molar-refractivity contribution >= 4 is 22.8 Å². The smallest absolute Gasteiger partial charge is 0.343 e. The van der Waals surface area contributed by atoms with Crippen molar-refractivity contribution in [3.05, 3.63) is 65.4 Å². The van der Waals surface area contributed by atoms with Crippen LogP contribution in [-0.2, 0) is 11.3 Å². The van der Waals surface area contributed by atoms with Crippen LogP contribution in [0.1, 0.15) is 40.3 Å². The first-order valence-corrected chi connectivity index (χ1v) is 8.64. The lowest BCUT2D eigenvalue weighted by Crippen LogP contribution is -2.08. The number of fused-ring (bicyclic) bond motifs is 1. The maximum Gasteiger partial charge on any atom is 0.343 e. The summed E-state index contributed by atoms with van der Waals surface area (Å²) in [5.41, 5.74) is 2.74. The SMILES string of the molecule is CCOC(=O)c1c(C)n(CC)c2ccc(OC(=O)c3ccccc3)cc12. The van der Waals surface area contributed by atoms with E-state index in [1.54, 1.807) is 43.3 Å². The van der Waals surface area contributed by atoms with Gasteiger partial charge in [-0.1, -0.05) is 18.2 Å². The Balaban J connectivity index is 2.03. The number of ether oxygens (including phenoxy) is 2. The third-order valence-corrected chi connectivity index (χ3v) is 4.31. The molecule has 2 aromatic carbocycles. The quantitative estimate of drug-likeness (QED) is 0.506. The van der Waals surface area contributed by atoms with Gasteiger partial charge in [0, 0.05) is 23.1 Å². The Labute approximate surface area is 152 Å². The van der Waals surface area contributed by atoms with Gasteiger partial charge < -0.3 is 14.0 Å². The van der Waals surface area contributed by atoms with Crippen LogP contribution in [0.2, 0.25) is 0 Å². The Morgan fingerprint density at radius 1 is 1.00 bits per heavy atom. The van der Waals surface area contributed by atoms with Gasteiger partial charge in [-0.3, -0.25) is 0 Å². The van der Waals surface area contributed by atoms with Crippen molar-refractivity contribution < 1.29 is 19.1 Å². The first-order chi connectivity index (χ1) is 12.6. The van der Waals surface area contributed by atoms with Crippen molar-refractivity contribution in [2.24, 2.45) is 0 Å². The Bertz CT molecular complexity index is 957. The zero-order valence-electron chi connectivity index (χ0n) is 15.1. The minimum absolute atomic E-state index is 0.305. The first kappa shape index (κ1) is 17.7. The van der Waals surface area contributed by atoms with Gasteiger partial charge in [-0.05, 0) is 51.1 Å². The summed E-state index contributed by atoms with van der Waals surface area (Å²) in [6.45, 7) is 6.72. The number of carbonyl (C=O) groups excluding carboxylic acids is 2. The maximum absolute atomic E-state index is 12.4. The average Bonchev–Trinajstić information content (AvgIpc) is 2.93. The van der Waals surface area contributed by atoms with Gasteiger partial charge in [0.15, 0.2) is 0 Å². The fourth-order valence-electron chi connectivity index (χ4n) is 3.13. The van der Waals surface area contributed by atoms with Gasteiger partial charge in [0.25, 0.3) is 0 Å². The second-order valence-electron chi connectivity index (χ2n) is 5.86. The van der Waals surface area contributed by atoms with Crippen LogP contribution in [0.4, 0.5) is 0 Å². The van der Waals surface area contributed by atoms with Crippen LogP contribution >= 0.6 is 0 Å². The summed E-state index contributed by atoms with van der Waals surface area (Å²) in [5, 5.41) is 0.723. The highest BCUT2D eigenvalue weighted by molar-refractivity contribution is 6.06. The van der Waals surface area contributed by atoms with Crippen molar-refractivity contribution in [1.29, 1.82) is 0 Å². The van der Waals surface area contributed by atoms with E-state index in [-0.39, 0.29) is 5.97 Å². The molecule has 26 heavy (non-hydrogen) atoms. The number of hydrogen-bond donors (Lipinski definition) is 0. The first-order valence-electron chi connectivity index (χ1n) is 8.64. The molecule has 0 saturated carbocycles. The number of esters is 2. The molecule has 0 fully saturated rings. The molecular weight excluding hydrogens is 330 g/mol. The number of aromatic nitrogens is 1. The zero-order valence-corrected chi connectivity index (χ0v) is 15.1. The van der Waals surface area contributed by atoms with Gasteiger partial charge in [-0.15, -0.1) is 0 Å². The van der Waals surface area contributed by atoms with Crippen LogP contribution in [0, 0.1) is 6.92 Å². The summed E-state index contributed by atoms with van der Waals surface area (Å²) in [5.74, 6) is -0.409. The Hall–Kier alpha value is -3.08. The van der Waals surface area contributed by atoms with Crippen molar-refractivity contribution in [2.75, 3.05) is 6.61 Å². The van der Waals surface area contributed by atoms with E-state index in [9.17, 15) is 9.59 Å². The second-order valence-corrected chi connectivity index (χ2v) is 5.86. The van der Waals surface area contributed by atoms with Crippen LogP contribution < -0.4 is 4.74 Å². The number of nitrogens with zero attached hydrogens (tertiary/aromatic N) is 1. The lowest BCUT2D eigenvalue weighted by molar-refractivity contribution is 0.0527. The van der Waals surface area contributed by atoms with Crippen molar-refractivity contribution in [3.8, 4) is 5.75 Å². The molecule has 3 aromatic rings. The minimum Gasteiger partial charge on any atom is -0.462 e. The van der Waals surface area contributed by atoms with Crippen molar-refractivity contribution in [3.63, 3.8) is 0 Å². The monoisotopic (exact) mass is 351 g/mol. The van der Waals surface area contributed by atoms with Gasteiger partial charge in [0.1, 0.15) is 5.75 Å². The van der Waals surface area contributed by atoms with Gasteiger partial charge in [-0.2, -0.15) is 0 Å². The molecule has 0 spiro atoms. The molecule has 0 amide bonds. The van der Waals surface area contributed by atoms with Crippen molar-refractivity contribution in [2.45, 2.75) is 27.3 Å². The maximum atomic E-state index is 12.4. The highest BCUT2D eigenvalue weighted by Crippen LogP contribution is 2.30. The molecule has 3 rings (SSSR count). The number of rotatable bonds is 5. The van der Waals surface area contributed by atoms with Crippen LogP contribution in [0.25, 0.3) is 10.9 Å². The lowest BCUT2D eigenvalue weighted by Gasteiger charge is -2.06. The van der Waals surface area contributed by atoms with Gasteiger partial charge in [-0.25, -0.2) is 9.59 Å². The number of hydrogen-bond acceptors (Lipinski definition) is 4. The Morgan fingerprint density at radius 2 is 1.73 bits per heavy atom. The molecule has 5 heteroatoms. The molecule has 5 nitrogen and oxygen atoms in total. The Morgan fingerprint density at radius 3 is 2.38 bits per heavy atom. The summed E-state index contributed by atoms with van der Waals surface area (Å²) in [7, 11) is 0. The van der Waals surface area contributed by atoms with E-state index in [1.165, 1.54) is 0 Å². The summed E-state index contributed by atoms with van der Waals surface area (Å²) in [6, 6.07) is 14.1. The third kappa shape index (κ3) is 3.20. The molecule has 0 aliphatic rings. The summed E-state index contributed by atoms with van der Waals surface area (Å²) in [4.78, 5) is 24.7. The van der Waals surface area contributed by atoms with Crippen LogP contribution in [-0.4, -0.2) is 23.1 Å². The minimum atomic E-state index is -0.436. The highest BCUT2D eigenvalue weighted by atomic mass is 16.5. The van der Waals surface area contributed by atoms with E-state index >= 15 is 0 Å². The molecule has 1 heterocycles.